The number of aryl methyl sites for hydroxylation is 2. The molecule has 0 bridgehead atoms. The molecule has 1 aromatic heterocycles. The van der Waals surface area contributed by atoms with Gasteiger partial charge in [-0.25, -0.2) is 0 Å². The molecule has 164 valence electrons. The minimum Gasteiger partial charge on any atom is -0.497 e. The number of aromatic nitrogens is 2. The van der Waals surface area contributed by atoms with Gasteiger partial charge in [0, 0.05) is 6.07 Å². The van der Waals surface area contributed by atoms with E-state index in [0.29, 0.717) is 35.1 Å². The molecule has 3 aromatic rings. The number of carbonyl (C=O) groups is 1. The third-order valence-electron chi connectivity index (χ3n) is 4.67. The van der Waals surface area contributed by atoms with E-state index in [-0.39, 0.29) is 18.3 Å². The first-order chi connectivity index (χ1) is 14.9. The van der Waals surface area contributed by atoms with Gasteiger partial charge in [0.25, 0.3) is 5.91 Å². The second kappa shape index (κ2) is 9.97. The Morgan fingerprint density at radius 1 is 1.06 bits per heavy atom. The molecule has 0 aliphatic carbocycles. The monoisotopic (exact) mass is 425 g/mol. The summed E-state index contributed by atoms with van der Waals surface area (Å²) in [5.41, 5.74) is 2.82. The minimum atomic E-state index is -0.620. The first-order valence-electron chi connectivity index (χ1n) is 10.0. The molecule has 8 heteroatoms. The fourth-order valence-corrected chi connectivity index (χ4v) is 3.18. The van der Waals surface area contributed by atoms with Crippen molar-refractivity contribution < 1.29 is 23.5 Å². The lowest BCUT2D eigenvalue weighted by molar-refractivity contribution is -0.128. The van der Waals surface area contributed by atoms with Gasteiger partial charge in [-0.3, -0.25) is 4.79 Å². The van der Waals surface area contributed by atoms with Gasteiger partial charge in [-0.05, 0) is 55.7 Å². The fourth-order valence-electron chi connectivity index (χ4n) is 3.18. The van der Waals surface area contributed by atoms with Gasteiger partial charge >= 0.3 is 0 Å². The average Bonchev–Trinajstić information content (AvgIpc) is 3.23. The predicted octanol–water partition coefficient (Wildman–Crippen LogP) is 3.84. The van der Waals surface area contributed by atoms with Crippen LogP contribution in [0.25, 0.3) is 11.4 Å². The Morgan fingerprint density at radius 2 is 1.81 bits per heavy atom. The van der Waals surface area contributed by atoms with Gasteiger partial charge in [0.15, 0.2) is 6.10 Å². The van der Waals surface area contributed by atoms with Crippen LogP contribution in [0.15, 0.2) is 40.9 Å². The molecule has 0 saturated carbocycles. The van der Waals surface area contributed by atoms with Crippen molar-refractivity contribution in [3.63, 3.8) is 0 Å². The molecular formula is C23H27N3O5. The van der Waals surface area contributed by atoms with Crippen LogP contribution < -0.4 is 19.5 Å². The van der Waals surface area contributed by atoms with Crippen LogP contribution in [0.4, 0.5) is 0 Å². The van der Waals surface area contributed by atoms with Crippen LogP contribution in [0.1, 0.15) is 30.4 Å². The molecule has 0 aliphatic heterocycles. The van der Waals surface area contributed by atoms with Crippen molar-refractivity contribution >= 4 is 5.91 Å². The van der Waals surface area contributed by atoms with E-state index in [1.165, 1.54) is 0 Å². The van der Waals surface area contributed by atoms with E-state index in [9.17, 15) is 4.79 Å². The number of hydrogen-bond donors (Lipinski definition) is 1. The number of methoxy groups -OCH3 is 2. The first kappa shape index (κ1) is 22.1. The number of nitrogens with zero attached hydrogens (tertiary/aromatic N) is 2. The van der Waals surface area contributed by atoms with Gasteiger partial charge in [-0.1, -0.05) is 18.1 Å². The Balaban J connectivity index is 1.65. The Labute approximate surface area is 181 Å². The molecule has 0 radical (unpaired) electrons. The topological polar surface area (TPSA) is 95.7 Å². The lowest BCUT2D eigenvalue weighted by atomic mass is 10.1. The largest absolute Gasteiger partial charge is 0.497 e. The standard InChI is InChI=1S/C23H27N3O5/c1-6-19(30-17-10-14(2)9-15(3)11-17)23(27)24-13-21-25-22(26-31-21)18-8-7-16(28-4)12-20(18)29-5/h7-12,19H,6,13H2,1-5H3,(H,24,27)/t19-/m1/s1. The van der Waals surface area contributed by atoms with Crippen LogP contribution in [0.2, 0.25) is 0 Å². The van der Waals surface area contributed by atoms with E-state index in [1.807, 2.05) is 32.9 Å². The van der Waals surface area contributed by atoms with Crippen LogP contribution in [0.3, 0.4) is 0 Å². The van der Waals surface area contributed by atoms with Crippen molar-refractivity contribution in [3.05, 3.63) is 53.4 Å². The third-order valence-corrected chi connectivity index (χ3v) is 4.67. The maximum absolute atomic E-state index is 12.6. The highest BCUT2D eigenvalue weighted by molar-refractivity contribution is 5.81. The molecular weight excluding hydrogens is 398 g/mol. The van der Waals surface area contributed by atoms with E-state index >= 15 is 0 Å². The highest BCUT2D eigenvalue weighted by atomic mass is 16.5. The van der Waals surface area contributed by atoms with Gasteiger partial charge in [0.05, 0.1) is 26.3 Å². The molecule has 31 heavy (non-hydrogen) atoms. The van der Waals surface area contributed by atoms with Crippen LogP contribution in [-0.2, 0) is 11.3 Å². The van der Waals surface area contributed by atoms with Gasteiger partial charge in [-0.15, -0.1) is 0 Å². The summed E-state index contributed by atoms with van der Waals surface area (Å²) in [4.78, 5) is 17.0. The van der Waals surface area contributed by atoms with Crippen LogP contribution in [-0.4, -0.2) is 36.4 Å². The van der Waals surface area contributed by atoms with Crippen molar-refractivity contribution in [1.29, 1.82) is 0 Å². The van der Waals surface area contributed by atoms with Crippen molar-refractivity contribution in [2.75, 3.05) is 14.2 Å². The molecule has 1 heterocycles. The van der Waals surface area contributed by atoms with Gasteiger partial charge in [0.1, 0.15) is 17.2 Å². The van der Waals surface area contributed by atoms with Crippen LogP contribution in [0, 0.1) is 13.8 Å². The first-order valence-corrected chi connectivity index (χ1v) is 10.0. The zero-order valence-corrected chi connectivity index (χ0v) is 18.4. The Hall–Kier alpha value is -3.55. The van der Waals surface area contributed by atoms with Crippen LogP contribution >= 0.6 is 0 Å². The molecule has 2 aromatic carbocycles. The maximum Gasteiger partial charge on any atom is 0.261 e. The van der Waals surface area contributed by atoms with Gasteiger partial charge in [-0.2, -0.15) is 4.98 Å². The lowest BCUT2D eigenvalue weighted by Crippen LogP contribution is -2.37. The summed E-state index contributed by atoms with van der Waals surface area (Å²) in [5.74, 6) is 2.29. The Kier molecular flexibility index (Phi) is 7.12. The summed E-state index contributed by atoms with van der Waals surface area (Å²) in [6.45, 7) is 5.97. The molecule has 1 N–H and O–H groups in total. The second-order valence-corrected chi connectivity index (χ2v) is 7.13. The zero-order valence-electron chi connectivity index (χ0n) is 18.4. The van der Waals surface area contributed by atoms with Crippen molar-refractivity contribution in [2.45, 2.75) is 39.8 Å². The number of hydrogen-bond acceptors (Lipinski definition) is 7. The number of carbonyl (C=O) groups excluding carboxylic acids is 1. The summed E-state index contributed by atoms with van der Waals surface area (Å²) in [7, 11) is 3.14. The molecule has 0 aliphatic rings. The number of rotatable bonds is 9. The SMILES string of the molecule is CC[C@@H](Oc1cc(C)cc(C)c1)C(=O)NCc1nc(-c2ccc(OC)cc2OC)no1. The Morgan fingerprint density at radius 3 is 2.45 bits per heavy atom. The van der Waals surface area contributed by atoms with E-state index in [1.54, 1.807) is 32.4 Å². The Bertz CT molecular complexity index is 1030. The van der Waals surface area contributed by atoms with Crippen molar-refractivity contribution in [1.82, 2.24) is 15.5 Å². The highest BCUT2D eigenvalue weighted by Gasteiger charge is 2.20. The summed E-state index contributed by atoms with van der Waals surface area (Å²) >= 11 is 0. The van der Waals surface area contributed by atoms with Crippen molar-refractivity contribution in [3.8, 4) is 28.6 Å². The van der Waals surface area contributed by atoms with E-state index in [2.05, 4.69) is 21.5 Å². The number of nitrogens with one attached hydrogen (secondary N) is 1. The van der Waals surface area contributed by atoms with E-state index < -0.39 is 6.10 Å². The van der Waals surface area contributed by atoms with Crippen LogP contribution in [0.5, 0.6) is 17.2 Å². The zero-order chi connectivity index (χ0) is 22.4. The predicted molar refractivity (Wildman–Crippen MR) is 115 cm³/mol. The summed E-state index contributed by atoms with van der Waals surface area (Å²) in [6.07, 6.45) is -0.0954. The molecule has 8 nitrogen and oxygen atoms in total. The van der Waals surface area contributed by atoms with Gasteiger partial charge in [0.2, 0.25) is 11.7 Å². The molecule has 0 saturated heterocycles. The second-order valence-electron chi connectivity index (χ2n) is 7.13. The smallest absolute Gasteiger partial charge is 0.261 e. The summed E-state index contributed by atoms with van der Waals surface area (Å²) in [5, 5.41) is 6.79. The molecule has 1 amide bonds. The molecule has 0 spiro atoms. The molecule has 1 atom stereocenters. The molecule has 3 rings (SSSR count). The summed E-state index contributed by atoms with van der Waals surface area (Å²) in [6, 6.07) is 11.2. The third kappa shape index (κ3) is 5.53. The molecule has 0 fully saturated rings. The van der Waals surface area contributed by atoms with Crippen molar-refractivity contribution in [2.24, 2.45) is 0 Å². The number of ether oxygens (including phenoxy) is 3. The fraction of sp³-hybridized carbons (Fsp3) is 0.348. The average molecular weight is 425 g/mol. The highest BCUT2D eigenvalue weighted by Crippen LogP contribution is 2.31. The maximum atomic E-state index is 12.6. The van der Waals surface area contributed by atoms with E-state index in [0.717, 1.165) is 11.1 Å². The summed E-state index contributed by atoms with van der Waals surface area (Å²) < 4.78 is 21.8. The van der Waals surface area contributed by atoms with E-state index in [4.69, 9.17) is 18.7 Å². The lowest BCUT2D eigenvalue weighted by Gasteiger charge is -2.17. The minimum absolute atomic E-state index is 0.0943. The normalized spacial score (nSPS) is 11.6. The number of benzene rings is 2. The molecule has 0 unspecified atom stereocenters. The number of amides is 1. The quantitative estimate of drug-likeness (QED) is 0.556. The van der Waals surface area contributed by atoms with Gasteiger partial charge < -0.3 is 24.1 Å².